The van der Waals surface area contributed by atoms with Gasteiger partial charge in [0.15, 0.2) is 0 Å². The molecule has 16 heavy (non-hydrogen) atoms. The summed E-state index contributed by atoms with van der Waals surface area (Å²) in [6.45, 7) is 11.5. The van der Waals surface area contributed by atoms with Gasteiger partial charge < -0.3 is 15.0 Å². The first kappa shape index (κ1) is 12.3. The number of morpholine rings is 1. The highest BCUT2D eigenvalue weighted by molar-refractivity contribution is 4.77. The molecule has 0 aromatic rings. The molecule has 0 amide bonds. The van der Waals surface area contributed by atoms with Crippen molar-refractivity contribution in [1.29, 1.82) is 0 Å². The molecule has 2 heterocycles. The van der Waals surface area contributed by atoms with E-state index in [-0.39, 0.29) is 0 Å². The van der Waals surface area contributed by atoms with Crippen LogP contribution in [0.5, 0.6) is 0 Å². The number of hydrogen-bond acceptors (Lipinski definition) is 3. The first-order chi connectivity index (χ1) is 7.75. The van der Waals surface area contributed by atoms with E-state index in [1.807, 2.05) is 0 Å². The van der Waals surface area contributed by atoms with Crippen LogP contribution >= 0.6 is 0 Å². The second-order valence-electron chi connectivity index (χ2n) is 5.53. The number of rotatable bonds is 3. The van der Waals surface area contributed by atoms with E-state index in [1.54, 1.807) is 0 Å². The Morgan fingerprint density at radius 3 is 2.88 bits per heavy atom. The van der Waals surface area contributed by atoms with Crippen molar-refractivity contribution < 1.29 is 4.74 Å². The molecule has 3 heteroatoms. The van der Waals surface area contributed by atoms with Crippen LogP contribution in [0.1, 0.15) is 26.7 Å². The number of nitrogens with one attached hydrogen (secondary N) is 1. The zero-order valence-corrected chi connectivity index (χ0v) is 10.7. The maximum Gasteiger partial charge on any atom is 0.0712 e. The third-order valence-electron chi connectivity index (χ3n) is 4.19. The SMILES string of the molecule is CC1CCN(CCC2CNCCO2)CC1C. The standard InChI is InChI=1S/C13H26N2O/c1-11-3-6-15(10-12(11)2)7-4-13-9-14-5-8-16-13/h11-14H,3-10H2,1-2H3. The Hall–Kier alpha value is -0.120. The average Bonchev–Trinajstić information content (AvgIpc) is 2.32. The summed E-state index contributed by atoms with van der Waals surface area (Å²) in [6, 6.07) is 0. The fourth-order valence-corrected chi connectivity index (χ4v) is 2.68. The molecule has 0 aromatic carbocycles. The molecule has 0 radical (unpaired) electrons. The van der Waals surface area contributed by atoms with Gasteiger partial charge in [-0.15, -0.1) is 0 Å². The third kappa shape index (κ3) is 3.44. The molecule has 1 N–H and O–H groups in total. The van der Waals surface area contributed by atoms with Gasteiger partial charge in [0.2, 0.25) is 0 Å². The molecule has 2 saturated heterocycles. The van der Waals surface area contributed by atoms with Gasteiger partial charge in [0.1, 0.15) is 0 Å². The quantitative estimate of drug-likeness (QED) is 0.786. The molecule has 3 atom stereocenters. The van der Waals surface area contributed by atoms with E-state index in [0.29, 0.717) is 6.10 Å². The summed E-state index contributed by atoms with van der Waals surface area (Å²) in [5.74, 6) is 1.77. The Labute approximate surface area is 99.5 Å². The molecule has 0 saturated carbocycles. The van der Waals surface area contributed by atoms with E-state index in [9.17, 15) is 0 Å². The van der Waals surface area contributed by atoms with Crippen LogP contribution in [-0.4, -0.2) is 50.3 Å². The molecule has 94 valence electrons. The summed E-state index contributed by atoms with van der Waals surface area (Å²) in [6.07, 6.45) is 3.00. The number of hydrogen-bond donors (Lipinski definition) is 1. The number of likely N-dealkylation sites (tertiary alicyclic amines) is 1. The fraction of sp³-hybridized carbons (Fsp3) is 1.00. The van der Waals surface area contributed by atoms with Crippen molar-refractivity contribution in [3.8, 4) is 0 Å². The van der Waals surface area contributed by atoms with Gasteiger partial charge in [0, 0.05) is 26.2 Å². The van der Waals surface area contributed by atoms with Crippen LogP contribution < -0.4 is 5.32 Å². The average molecular weight is 226 g/mol. The van der Waals surface area contributed by atoms with Crippen LogP contribution in [-0.2, 0) is 4.74 Å². The molecule has 3 unspecified atom stereocenters. The lowest BCUT2D eigenvalue weighted by Gasteiger charge is -2.36. The first-order valence-electron chi connectivity index (χ1n) is 6.80. The van der Waals surface area contributed by atoms with Gasteiger partial charge in [0.05, 0.1) is 12.7 Å². The number of nitrogens with zero attached hydrogens (tertiary/aromatic N) is 1. The zero-order valence-electron chi connectivity index (χ0n) is 10.7. The van der Waals surface area contributed by atoms with Gasteiger partial charge in [-0.1, -0.05) is 13.8 Å². The topological polar surface area (TPSA) is 24.5 Å². The lowest BCUT2D eigenvalue weighted by Crippen LogP contribution is -2.43. The zero-order chi connectivity index (χ0) is 11.4. The maximum atomic E-state index is 5.73. The monoisotopic (exact) mass is 226 g/mol. The summed E-state index contributed by atoms with van der Waals surface area (Å²) in [7, 11) is 0. The van der Waals surface area contributed by atoms with Crippen LogP contribution in [0.2, 0.25) is 0 Å². The van der Waals surface area contributed by atoms with Crippen molar-refractivity contribution in [2.75, 3.05) is 39.3 Å². The second kappa shape index (κ2) is 5.99. The van der Waals surface area contributed by atoms with Gasteiger partial charge >= 0.3 is 0 Å². The van der Waals surface area contributed by atoms with Crippen LogP contribution in [0.4, 0.5) is 0 Å². The predicted octanol–water partition coefficient (Wildman–Crippen LogP) is 1.34. The molecule has 0 spiro atoms. The first-order valence-corrected chi connectivity index (χ1v) is 6.80. The molecule has 3 nitrogen and oxygen atoms in total. The van der Waals surface area contributed by atoms with Gasteiger partial charge in [-0.05, 0) is 31.2 Å². The van der Waals surface area contributed by atoms with Gasteiger partial charge in [-0.25, -0.2) is 0 Å². The summed E-state index contributed by atoms with van der Waals surface area (Å²) >= 11 is 0. The van der Waals surface area contributed by atoms with Crippen molar-refractivity contribution in [1.82, 2.24) is 10.2 Å². The van der Waals surface area contributed by atoms with E-state index in [1.165, 1.54) is 32.5 Å². The molecule has 2 aliphatic rings. The summed E-state index contributed by atoms with van der Waals surface area (Å²) < 4.78 is 5.73. The minimum Gasteiger partial charge on any atom is -0.376 e. The highest BCUT2D eigenvalue weighted by Crippen LogP contribution is 2.22. The second-order valence-corrected chi connectivity index (χ2v) is 5.53. The number of piperidine rings is 1. The molecule has 2 fully saturated rings. The smallest absolute Gasteiger partial charge is 0.0712 e. The lowest BCUT2D eigenvalue weighted by molar-refractivity contribution is 0.0131. The Balaban J connectivity index is 1.65. The Bertz CT molecular complexity index is 204. The maximum absolute atomic E-state index is 5.73. The van der Waals surface area contributed by atoms with Crippen LogP contribution in [0.15, 0.2) is 0 Å². The van der Waals surface area contributed by atoms with Gasteiger partial charge in [-0.2, -0.15) is 0 Å². The highest BCUT2D eigenvalue weighted by atomic mass is 16.5. The van der Waals surface area contributed by atoms with Crippen molar-refractivity contribution in [3.63, 3.8) is 0 Å². The summed E-state index contributed by atoms with van der Waals surface area (Å²) in [4.78, 5) is 2.61. The fourth-order valence-electron chi connectivity index (χ4n) is 2.68. The largest absolute Gasteiger partial charge is 0.376 e. The van der Waals surface area contributed by atoms with Gasteiger partial charge in [0.25, 0.3) is 0 Å². The minimum atomic E-state index is 0.448. The Morgan fingerprint density at radius 1 is 1.31 bits per heavy atom. The van der Waals surface area contributed by atoms with E-state index in [2.05, 4.69) is 24.1 Å². The van der Waals surface area contributed by atoms with Crippen molar-refractivity contribution in [3.05, 3.63) is 0 Å². The van der Waals surface area contributed by atoms with E-state index in [0.717, 1.165) is 31.5 Å². The normalized spacial score (nSPS) is 37.5. The molecular weight excluding hydrogens is 200 g/mol. The van der Waals surface area contributed by atoms with Crippen molar-refractivity contribution in [2.45, 2.75) is 32.8 Å². The Morgan fingerprint density at radius 2 is 2.19 bits per heavy atom. The molecule has 0 bridgehead atoms. The van der Waals surface area contributed by atoms with E-state index in [4.69, 9.17) is 4.74 Å². The van der Waals surface area contributed by atoms with Crippen molar-refractivity contribution >= 4 is 0 Å². The molecule has 2 aliphatic heterocycles. The van der Waals surface area contributed by atoms with E-state index >= 15 is 0 Å². The molecule has 0 aliphatic carbocycles. The summed E-state index contributed by atoms with van der Waals surface area (Å²) in [5, 5.41) is 3.39. The molecular formula is C13H26N2O. The van der Waals surface area contributed by atoms with Crippen LogP contribution in [0, 0.1) is 11.8 Å². The van der Waals surface area contributed by atoms with Crippen LogP contribution in [0.25, 0.3) is 0 Å². The van der Waals surface area contributed by atoms with Gasteiger partial charge in [-0.3, -0.25) is 0 Å². The van der Waals surface area contributed by atoms with Crippen LogP contribution in [0.3, 0.4) is 0 Å². The molecule has 0 aromatic heterocycles. The third-order valence-corrected chi connectivity index (χ3v) is 4.19. The molecule has 2 rings (SSSR count). The van der Waals surface area contributed by atoms with Crippen molar-refractivity contribution in [2.24, 2.45) is 11.8 Å². The lowest BCUT2D eigenvalue weighted by atomic mass is 9.88. The predicted molar refractivity (Wildman–Crippen MR) is 66.6 cm³/mol. The van der Waals surface area contributed by atoms with E-state index < -0.39 is 0 Å². The highest BCUT2D eigenvalue weighted by Gasteiger charge is 2.23. The summed E-state index contributed by atoms with van der Waals surface area (Å²) in [5.41, 5.74) is 0. The Kier molecular flexibility index (Phi) is 4.62. The minimum absolute atomic E-state index is 0.448. The number of ether oxygens (including phenoxy) is 1.